The summed E-state index contributed by atoms with van der Waals surface area (Å²) in [6.07, 6.45) is 3.27. The molecule has 2 N–H and O–H groups in total. The minimum atomic E-state index is -0.249. The Kier molecular flexibility index (Phi) is 6.57. The highest BCUT2D eigenvalue weighted by Crippen LogP contribution is 2.25. The Morgan fingerprint density at radius 3 is 2.58 bits per heavy atom. The lowest BCUT2D eigenvalue weighted by molar-refractivity contribution is 0.0948. The normalized spacial score (nSPS) is 10.9. The topological polar surface area (TPSA) is 102 Å². The number of carbonyl (C=O) groups excluding carboxylic acids is 2. The number of pyridine rings is 1. The van der Waals surface area contributed by atoms with Crippen LogP contribution in [0.1, 0.15) is 39.0 Å². The molecule has 0 bridgehead atoms. The van der Waals surface area contributed by atoms with Gasteiger partial charge in [-0.2, -0.15) is 5.10 Å². The molecule has 0 unspecified atom stereocenters. The average molecular weight is 480 g/mol. The van der Waals surface area contributed by atoms with Crippen LogP contribution in [0.25, 0.3) is 22.3 Å². The molecule has 5 aromatic rings. The fourth-order valence-corrected chi connectivity index (χ4v) is 4.02. The number of hydrogen-bond donors (Lipinski definition) is 2. The molecule has 0 atom stereocenters. The highest BCUT2D eigenvalue weighted by molar-refractivity contribution is 6.06. The predicted molar refractivity (Wildman–Crippen MR) is 136 cm³/mol. The Morgan fingerprint density at radius 1 is 0.944 bits per heavy atom. The van der Waals surface area contributed by atoms with Crippen LogP contribution in [0.4, 0.5) is 0 Å². The SMILES string of the molecule is CCNC(=O)c1cccc(CNC(=O)c2cc(-c3ccccc3)nc3c2cnn3Cc2ccco2)c1. The van der Waals surface area contributed by atoms with Gasteiger partial charge in [-0.15, -0.1) is 0 Å². The third kappa shape index (κ3) is 4.88. The molecule has 3 aromatic heterocycles. The van der Waals surface area contributed by atoms with Crippen molar-refractivity contribution in [2.45, 2.75) is 20.0 Å². The standard InChI is InChI=1S/C28H25N5O3/c1-2-29-27(34)21-11-6-8-19(14-21)16-30-28(35)23-15-25(20-9-4-3-5-10-20)32-26-24(23)17-31-33(26)18-22-12-7-13-36-22/h3-15,17H,2,16,18H2,1H3,(H,29,34)(H,30,35). The Labute approximate surface area is 208 Å². The minimum absolute atomic E-state index is 0.141. The fraction of sp³-hybridized carbons (Fsp3) is 0.143. The number of aromatic nitrogens is 3. The number of carbonyl (C=O) groups is 2. The summed E-state index contributed by atoms with van der Waals surface area (Å²) in [5.74, 6) is 0.350. The van der Waals surface area contributed by atoms with Crippen molar-refractivity contribution in [3.63, 3.8) is 0 Å². The molecule has 3 heterocycles. The summed E-state index contributed by atoms with van der Waals surface area (Å²) in [5.41, 5.74) is 4.02. The number of furan rings is 1. The van der Waals surface area contributed by atoms with E-state index in [4.69, 9.17) is 9.40 Å². The van der Waals surface area contributed by atoms with E-state index in [2.05, 4.69) is 15.7 Å². The Morgan fingerprint density at radius 2 is 1.81 bits per heavy atom. The highest BCUT2D eigenvalue weighted by Gasteiger charge is 2.18. The molecular formula is C28H25N5O3. The van der Waals surface area contributed by atoms with Crippen LogP contribution in [0.15, 0.2) is 89.7 Å². The van der Waals surface area contributed by atoms with E-state index in [9.17, 15) is 9.59 Å². The Bertz CT molecular complexity index is 1510. The van der Waals surface area contributed by atoms with Crippen molar-refractivity contribution in [1.29, 1.82) is 0 Å². The van der Waals surface area contributed by atoms with E-state index >= 15 is 0 Å². The maximum Gasteiger partial charge on any atom is 0.252 e. The molecule has 0 saturated carbocycles. The molecule has 0 aliphatic heterocycles. The van der Waals surface area contributed by atoms with Crippen molar-refractivity contribution in [2.24, 2.45) is 0 Å². The summed E-state index contributed by atoms with van der Waals surface area (Å²) in [6.45, 7) is 3.10. The van der Waals surface area contributed by atoms with Crippen LogP contribution < -0.4 is 10.6 Å². The first-order valence-electron chi connectivity index (χ1n) is 11.7. The molecule has 2 amide bonds. The van der Waals surface area contributed by atoms with Crippen molar-refractivity contribution >= 4 is 22.8 Å². The molecule has 180 valence electrons. The summed E-state index contributed by atoms with van der Waals surface area (Å²) in [7, 11) is 0. The van der Waals surface area contributed by atoms with Crippen LogP contribution in [0.5, 0.6) is 0 Å². The molecule has 0 aliphatic rings. The van der Waals surface area contributed by atoms with Crippen LogP contribution >= 0.6 is 0 Å². The van der Waals surface area contributed by atoms with Gasteiger partial charge in [-0.1, -0.05) is 42.5 Å². The molecule has 5 rings (SSSR count). The molecule has 8 nitrogen and oxygen atoms in total. The van der Waals surface area contributed by atoms with Gasteiger partial charge in [0.1, 0.15) is 12.3 Å². The van der Waals surface area contributed by atoms with Gasteiger partial charge in [0, 0.05) is 24.2 Å². The molecular weight excluding hydrogens is 454 g/mol. The number of fused-ring (bicyclic) bond motifs is 1. The van der Waals surface area contributed by atoms with Gasteiger partial charge < -0.3 is 15.1 Å². The van der Waals surface area contributed by atoms with Crippen LogP contribution in [0, 0.1) is 0 Å². The Balaban J connectivity index is 1.46. The zero-order chi connectivity index (χ0) is 24.9. The van der Waals surface area contributed by atoms with Crippen LogP contribution in [-0.2, 0) is 13.1 Å². The van der Waals surface area contributed by atoms with Crippen molar-refractivity contribution in [2.75, 3.05) is 6.54 Å². The lowest BCUT2D eigenvalue weighted by atomic mass is 10.1. The van der Waals surface area contributed by atoms with Gasteiger partial charge in [0.15, 0.2) is 5.65 Å². The molecule has 0 aliphatic carbocycles. The quantitative estimate of drug-likeness (QED) is 0.343. The van der Waals surface area contributed by atoms with E-state index in [0.29, 0.717) is 40.9 Å². The zero-order valence-electron chi connectivity index (χ0n) is 19.8. The van der Waals surface area contributed by atoms with Crippen molar-refractivity contribution in [3.8, 4) is 11.3 Å². The lowest BCUT2D eigenvalue weighted by Crippen LogP contribution is -2.24. The number of nitrogens with one attached hydrogen (secondary N) is 2. The summed E-state index contributed by atoms with van der Waals surface area (Å²) in [5, 5.41) is 10.9. The average Bonchev–Trinajstić information content (AvgIpc) is 3.58. The minimum Gasteiger partial charge on any atom is -0.467 e. The van der Waals surface area contributed by atoms with Crippen molar-refractivity contribution in [3.05, 3.63) is 108 Å². The van der Waals surface area contributed by atoms with E-state index in [1.54, 1.807) is 35.3 Å². The predicted octanol–water partition coefficient (Wildman–Crippen LogP) is 4.42. The largest absolute Gasteiger partial charge is 0.467 e. The van der Waals surface area contributed by atoms with Crippen molar-refractivity contribution < 1.29 is 14.0 Å². The van der Waals surface area contributed by atoms with Gasteiger partial charge in [-0.25, -0.2) is 9.67 Å². The van der Waals surface area contributed by atoms with Gasteiger partial charge in [0.2, 0.25) is 0 Å². The van der Waals surface area contributed by atoms with Gasteiger partial charge in [0.05, 0.1) is 29.1 Å². The first kappa shape index (κ1) is 23.0. The number of nitrogens with zero attached hydrogens (tertiary/aromatic N) is 3. The molecule has 8 heteroatoms. The molecule has 0 radical (unpaired) electrons. The number of hydrogen-bond acceptors (Lipinski definition) is 5. The van der Waals surface area contributed by atoms with Crippen LogP contribution in [-0.4, -0.2) is 33.1 Å². The first-order chi connectivity index (χ1) is 17.6. The van der Waals surface area contributed by atoms with E-state index in [1.165, 1.54) is 0 Å². The maximum absolute atomic E-state index is 13.4. The second-order valence-electron chi connectivity index (χ2n) is 8.28. The maximum atomic E-state index is 13.4. The molecule has 0 saturated heterocycles. The van der Waals surface area contributed by atoms with Gasteiger partial charge >= 0.3 is 0 Å². The Hall–Kier alpha value is -4.72. The van der Waals surface area contributed by atoms with E-state index < -0.39 is 0 Å². The van der Waals surface area contributed by atoms with Gasteiger partial charge in [-0.05, 0) is 42.8 Å². The third-order valence-electron chi connectivity index (χ3n) is 5.79. The summed E-state index contributed by atoms with van der Waals surface area (Å²) >= 11 is 0. The monoisotopic (exact) mass is 479 g/mol. The highest BCUT2D eigenvalue weighted by atomic mass is 16.3. The summed E-state index contributed by atoms with van der Waals surface area (Å²) in [6, 6.07) is 22.4. The van der Waals surface area contributed by atoms with E-state index in [-0.39, 0.29) is 18.4 Å². The van der Waals surface area contributed by atoms with Gasteiger partial charge in [-0.3, -0.25) is 9.59 Å². The van der Waals surface area contributed by atoms with Gasteiger partial charge in [0.25, 0.3) is 11.8 Å². The molecule has 0 spiro atoms. The number of benzene rings is 2. The van der Waals surface area contributed by atoms with Crippen LogP contribution in [0.3, 0.4) is 0 Å². The second kappa shape index (κ2) is 10.3. The van der Waals surface area contributed by atoms with Crippen LogP contribution in [0.2, 0.25) is 0 Å². The summed E-state index contributed by atoms with van der Waals surface area (Å²) in [4.78, 5) is 30.4. The molecule has 0 fully saturated rings. The number of amides is 2. The fourth-order valence-electron chi connectivity index (χ4n) is 4.02. The number of rotatable bonds is 8. The third-order valence-corrected chi connectivity index (χ3v) is 5.79. The molecule has 2 aromatic carbocycles. The van der Waals surface area contributed by atoms with Crippen molar-refractivity contribution in [1.82, 2.24) is 25.4 Å². The first-order valence-corrected chi connectivity index (χ1v) is 11.7. The van der Waals surface area contributed by atoms with E-state index in [0.717, 1.165) is 16.9 Å². The zero-order valence-corrected chi connectivity index (χ0v) is 19.8. The molecule has 36 heavy (non-hydrogen) atoms. The van der Waals surface area contributed by atoms with E-state index in [1.807, 2.05) is 61.5 Å². The summed E-state index contributed by atoms with van der Waals surface area (Å²) < 4.78 is 7.21. The smallest absolute Gasteiger partial charge is 0.252 e. The second-order valence-corrected chi connectivity index (χ2v) is 8.28. The lowest BCUT2D eigenvalue weighted by Gasteiger charge is -2.10.